The molecule has 0 atom stereocenters. The van der Waals surface area contributed by atoms with E-state index in [0.717, 1.165) is 5.69 Å². The minimum absolute atomic E-state index is 0.151. The molecule has 1 heterocycles. The minimum Gasteiger partial charge on any atom is -0.465 e. The first-order valence-electron chi connectivity index (χ1n) is 5.79. The third-order valence-corrected chi connectivity index (χ3v) is 2.19. The fourth-order valence-corrected chi connectivity index (χ4v) is 1.43. The van der Waals surface area contributed by atoms with E-state index in [1.54, 1.807) is 24.9 Å². The third-order valence-electron chi connectivity index (χ3n) is 2.19. The Bertz CT molecular complexity index is 428. The van der Waals surface area contributed by atoms with Crippen LogP contribution in [0.2, 0.25) is 0 Å². The molecule has 18 heavy (non-hydrogen) atoms. The van der Waals surface area contributed by atoms with E-state index < -0.39 is 12.0 Å². The molecule has 0 aromatic carbocycles. The zero-order valence-electron chi connectivity index (χ0n) is 10.8. The van der Waals surface area contributed by atoms with Crippen LogP contribution in [0.1, 0.15) is 19.5 Å². The van der Waals surface area contributed by atoms with Gasteiger partial charge in [0.05, 0.1) is 18.0 Å². The van der Waals surface area contributed by atoms with Gasteiger partial charge in [-0.25, -0.2) is 4.79 Å². The fraction of sp³-hybridized carbons (Fsp3) is 0.545. The predicted molar refractivity (Wildman–Crippen MR) is 66.2 cm³/mol. The summed E-state index contributed by atoms with van der Waals surface area (Å²) in [6.45, 7) is 3.80. The molecule has 0 radical (unpaired) electrons. The number of ether oxygens (including phenoxy) is 1. The number of carbonyl (C=O) groups excluding carboxylic acids is 2. The maximum atomic E-state index is 11.5. The van der Waals surface area contributed by atoms with Crippen LogP contribution in [-0.4, -0.2) is 34.9 Å². The van der Waals surface area contributed by atoms with Gasteiger partial charge in [-0.2, -0.15) is 5.10 Å². The molecule has 0 aliphatic heterocycles. The monoisotopic (exact) mass is 254 g/mol. The Morgan fingerprint density at radius 1 is 1.44 bits per heavy atom. The first-order chi connectivity index (χ1) is 8.56. The number of anilines is 1. The van der Waals surface area contributed by atoms with E-state index in [2.05, 4.69) is 15.7 Å². The van der Waals surface area contributed by atoms with Gasteiger partial charge in [0.25, 0.3) is 0 Å². The van der Waals surface area contributed by atoms with Crippen LogP contribution in [0.25, 0.3) is 0 Å². The Labute approximate surface area is 105 Å². The quantitative estimate of drug-likeness (QED) is 0.756. The Hall–Kier alpha value is -2.05. The van der Waals surface area contributed by atoms with Gasteiger partial charge in [-0.05, 0) is 13.3 Å². The van der Waals surface area contributed by atoms with Crippen LogP contribution >= 0.6 is 0 Å². The van der Waals surface area contributed by atoms with Crippen molar-refractivity contribution in [3.8, 4) is 0 Å². The van der Waals surface area contributed by atoms with Gasteiger partial charge in [0.15, 0.2) is 0 Å². The van der Waals surface area contributed by atoms with Crippen molar-refractivity contribution in [1.29, 1.82) is 0 Å². The van der Waals surface area contributed by atoms with Gasteiger partial charge in [0.1, 0.15) is 6.54 Å². The second-order valence-electron chi connectivity index (χ2n) is 3.63. The van der Waals surface area contributed by atoms with Gasteiger partial charge < -0.3 is 15.4 Å². The van der Waals surface area contributed by atoms with Gasteiger partial charge in [0.2, 0.25) is 0 Å². The topological polar surface area (TPSA) is 85.2 Å². The SMILES string of the molecule is CCOC(=O)CNC(=O)Nc1cn(C)nc1CC. The first-order valence-corrected chi connectivity index (χ1v) is 5.79. The molecule has 0 saturated carbocycles. The van der Waals surface area contributed by atoms with Crippen molar-refractivity contribution in [2.24, 2.45) is 7.05 Å². The Kier molecular flexibility index (Phi) is 5.16. The lowest BCUT2D eigenvalue weighted by atomic mass is 10.3. The molecule has 1 aromatic rings. The molecule has 0 aliphatic rings. The van der Waals surface area contributed by atoms with E-state index >= 15 is 0 Å². The number of aromatic nitrogens is 2. The van der Waals surface area contributed by atoms with Crippen molar-refractivity contribution in [3.05, 3.63) is 11.9 Å². The van der Waals surface area contributed by atoms with Crippen molar-refractivity contribution in [1.82, 2.24) is 15.1 Å². The highest BCUT2D eigenvalue weighted by molar-refractivity contribution is 5.91. The third kappa shape index (κ3) is 4.08. The zero-order valence-corrected chi connectivity index (χ0v) is 10.8. The fourth-order valence-electron chi connectivity index (χ4n) is 1.43. The number of urea groups is 1. The normalized spacial score (nSPS) is 9.94. The van der Waals surface area contributed by atoms with Gasteiger partial charge >= 0.3 is 12.0 Å². The second kappa shape index (κ2) is 6.63. The lowest BCUT2D eigenvalue weighted by Crippen LogP contribution is -2.34. The van der Waals surface area contributed by atoms with E-state index in [-0.39, 0.29) is 6.54 Å². The smallest absolute Gasteiger partial charge is 0.325 e. The van der Waals surface area contributed by atoms with Crippen molar-refractivity contribution >= 4 is 17.7 Å². The summed E-state index contributed by atoms with van der Waals surface area (Å²) in [5, 5.41) is 9.24. The summed E-state index contributed by atoms with van der Waals surface area (Å²) in [6, 6.07) is -0.453. The molecule has 2 amide bonds. The number of nitrogens with one attached hydrogen (secondary N) is 2. The molecule has 0 bridgehead atoms. The van der Waals surface area contributed by atoms with Crippen molar-refractivity contribution in [2.75, 3.05) is 18.5 Å². The lowest BCUT2D eigenvalue weighted by molar-refractivity contribution is -0.141. The molecular formula is C11H18N4O3. The summed E-state index contributed by atoms with van der Waals surface area (Å²) in [5.41, 5.74) is 1.44. The molecule has 0 saturated heterocycles. The summed E-state index contributed by atoms with van der Waals surface area (Å²) in [6.07, 6.45) is 2.43. The molecule has 0 spiro atoms. The van der Waals surface area contributed by atoms with Crippen LogP contribution in [0.5, 0.6) is 0 Å². The average Bonchev–Trinajstić information content (AvgIpc) is 2.67. The van der Waals surface area contributed by atoms with Crippen molar-refractivity contribution in [3.63, 3.8) is 0 Å². The highest BCUT2D eigenvalue weighted by Gasteiger charge is 2.10. The Morgan fingerprint density at radius 2 is 2.17 bits per heavy atom. The average molecular weight is 254 g/mol. The number of rotatable bonds is 5. The van der Waals surface area contributed by atoms with Gasteiger partial charge in [-0.15, -0.1) is 0 Å². The van der Waals surface area contributed by atoms with E-state index in [4.69, 9.17) is 4.74 Å². The molecule has 0 aliphatic carbocycles. The van der Waals surface area contributed by atoms with Crippen LogP contribution in [0.15, 0.2) is 6.20 Å². The number of hydrogen-bond donors (Lipinski definition) is 2. The molecule has 1 aromatic heterocycles. The number of esters is 1. The highest BCUT2D eigenvalue weighted by atomic mass is 16.5. The van der Waals surface area contributed by atoms with E-state index in [9.17, 15) is 9.59 Å². The minimum atomic E-state index is -0.463. The first kappa shape index (κ1) is 14.0. The van der Waals surface area contributed by atoms with Crippen LogP contribution < -0.4 is 10.6 Å². The molecule has 2 N–H and O–H groups in total. The van der Waals surface area contributed by atoms with E-state index in [0.29, 0.717) is 18.7 Å². The second-order valence-corrected chi connectivity index (χ2v) is 3.63. The number of aryl methyl sites for hydroxylation is 2. The largest absolute Gasteiger partial charge is 0.465 e. The number of nitrogens with zero attached hydrogens (tertiary/aromatic N) is 2. The summed E-state index contributed by atoms with van der Waals surface area (Å²) in [7, 11) is 1.78. The van der Waals surface area contributed by atoms with Crippen molar-refractivity contribution in [2.45, 2.75) is 20.3 Å². The predicted octanol–water partition coefficient (Wildman–Crippen LogP) is 0.667. The summed E-state index contributed by atoms with van der Waals surface area (Å²) >= 11 is 0. The summed E-state index contributed by atoms with van der Waals surface area (Å²) < 4.78 is 6.32. The van der Waals surface area contributed by atoms with Gasteiger partial charge in [-0.3, -0.25) is 9.48 Å². The zero-order chi connectivity index (χ0) is 13.5. The molecule has 1 rings (SSSR count). The Morgan fingerprint density at radius 3 is 2.78 bits per heavy atom. The van der Waals surface area contributed by atoms with Gasteiger partial charge in [-0.1, -0.05) is 6.92 Å². The van der Waals surface area contributed by atoms with Gasteiger partial charge in [0, 0.05) is 13.2 Å². The Balaban J connectivity index is 2.46. The van der Waals surface area contributed by atoms with Crippen LogP contribution in [0.3, 0.4) is 0 Å². The van der Waals surface area contributed by atoms with Crippen LogP contribution in [0.4, 0.5) is 10.5 Å². The highest BCUT2D eigenvalue weighted by Crippen LogP contribution is 2.12. The van der Waals surface area contributed by atoms with Crippen LogP contribution in [-0.2, 0) is 23.0 Å². The number of carbonyl (C=O) groups is 2. The van der Waals surface area contributed by atoms with Crippen molar-refractivity contribution < 1.29 is 14.3 Å². The molecule has 7 heteroatoms. The van der Waals surface area contributed by atoms with E-state index in [1.807, 2.05) is 6.92 Å². The molecule has 7 nitrogen and oxygen atoms in total. The van der Waals surface area contributed by atoms with Crippen LogP contribution in [0, 0.1) is 0 Å². The summed E-state index contributed by atoms with van der Waals surface area (Å²) in [5.74, 6) is -0.463. The number of amides is 2. The maximum Gasteiger partial charge on any atom is 0.325 e. The standard InChI is InChI=1S/C11H18N4O3/c1-4-8-9(7-15(3)14-8)13-11(17)12-6-10(16)18-5-2/h7H,4-6H2,1-3H3,(H2,12,13,17). The molecule has 100 valence electrons. The number of hydrogen-bond acceptors (Lipinski definition) is 4. The molecule has 0 fully saturated rings. The summed E-state index contributed by atoms with van der Waals surface area (Å²) in [4.78, 5) is 22.6. The molecule has 0 unspecified atom stereocenters. The lowest BCUT2D eigenvalue weighted by Gasteiger charge is -2.06. The maximum absolute atomic E-state index is 11.5. The molecular weight excluding hydrogens is 236 g/mol. The van der Waals surface area contributed by atoms with E-state index in [1.165, 1.54) is 0 Å².